The van der Waals surface area contributed by atoms with Crippen LogP contribution in [-0.2, 0) is 11.3 Å². The number of hydrogen-bond donors (Lipinski definition) is 1. The quantitative estimate of drug-likeness (QED) is 0.717. The van der Waals surface area contributed by atoms with Gasteiger partial charge in [0.15, 0.2) is 5.69 Å². The van der Waals surface area contributed by atoms with Crippen LogP contribution in [0.25, 0.3) is 0 Å². The van der Waals surface area contributed by atoms with Crippen LogP contribution in [0.4, 0.5) is 0 Å². The lowest BCUT2D eigenvalue weighted by atomic mass is 9.87. The number of nitrogens with zero attached hydrogens (tertiary/aromatic N) is 5. The van der Waals surface area contributed by atoms with E-state index in [4.69, 9.17) is 4.74 Å². The summed E-state index contributed by atoms with van der Waals surface area (Å²) in [7, 11) is 0. The predicted molar refractivity (Wildman–Crippen MR) is 113 cm³/mol. The van der Waals surface area contributed by atoms with E-state index in [9.17, 15) is 4.79 Å². The first-order chi connectivity index (χ1) is 14.8. The minimum Gasteiger partial charge on any atom is -0.379 e. The number of pyridine rings is 1. The zero-order valence-corrected chi connectivity index (χ0v) is 17.6. The van der Waals surface area contributed by atoms with Crippen LogP contribution in [0.1, 0.15) is 60.7 Å². The van der Waals surface area contributed by atoms with E-state index in [0.29, 0.717) is 25.5 Å². The van der Waals surface area contributed by atoms with Crippen LogP contribution in [-0.4, -0.2) is 63.6 Å². The van der Waals surface area contributed by atoms with Gasteiger partial charge in [-0.05, 0) is 24.5 Å². The number of hydrogen-bond acceptors (Lipinski definition) is 6. The van der Waals surface area contributed by atoms with Crippen molar-refractivity contribution in [1.29, 1.82) is 0 Å². The molecule has 0 spiro atoms. The van der Waals surface area contributed by atoms with Crippen molar-refractivity contribution in [3.8, 4) is 0 Å². The number of ether oxygens (including phenoxy) is 1. The Balaban J connectivity index is 1.32. The van der Waals surface area contributed by atoms with E-state index in [2.05, 4.69) is 25.5 Å². The van der Waals surface area contributed by atoms with Crippen molar-refractivity contribution in [2.24, 2.45) is 5.92 Å². The van der Waals surface area contributed by atoms with E-state index < -0.39 is 0 Å². The molecule has 1 aliphatic heterocycles. The number of carbonyl (C=O) groups is 1. The molecule has 2 aromatic rings. The Hall–Kier alpha value is -2.32. The van der Waals surface area contributed by atoms with E-state index in [1.807, 2.05) is 22.9 Å². The van der Waals surface area contributed by atoms with Crippen molar-refractivity contribution in [1.82, 2.24) is 30.2 Å². The summed E-state index contributed by atoms with van der Waals surface area (Å²) >= 11 is 0. The van der Waals surface area contributed by atoms with Crippen molar-refractivity contribution in [3.05, 3.63) is 42.0 Å². The minimum absolute atomic E-state index is 0.0143. The average molecular weight is 413 g/mol. The number of rotatable bonds is 8. The molecule has 162 valence electrons. The number of aryl methyl sites for hydroxylation is 1. The highest BCUT2D eigenvalue weighted by atomic mass is 16.5. The summed E-state index contributed by atoms with van der Waals surface area (Å²) in [6.45, 7) is 4.36. The van der Waals surface area contributed by atoms with Crippen LogP contribution < -0.4 is 5.32 Å². The topological polar surface area (TPSA) is 85.2 Å². The van der Waals surface area contributed by atoms with Gasteiger partial charge in [0.2, 0.25) is 0 Å². The van der Waals surface area contributed by atoms with Gasteiger partial charge in [0.25, 0.3) is 5.91 Å². The molecule has 1 aliphatic carbocycles. The molecule has 0 bridgehead atoms. The van der Waals surface area contributed by atoms with Gasteiger partial charge >= 0.3 is 0 Å². The summed E-state index contributed by atoms with van der Waals surface area (Å²) in [5.41, 5.74) is 1.33. The molecule has 0 aromatic carbocycles. The van der Waals surface area contributed by atoms with Crippen molar-refractivity contribution in [3.63, 3.8) is 0 Å². The van der Waals surface area contributed by atoms with Crippen LogP contribution in [0.2, 0.25) is 0 Å². The molecule has 2 aromatic heterocycles. The molecular weight excluding hydrogens is 380 g/mol. The maximum atomic E-state index is 12.7. The van der Waals surface area contributed by atoms with E-state index in [1.54, 1.807) is 12.4 Å². The van der Waals surface area contributed by atoms with Gasteiger partial charge in [0.1, 0.15) is 0 Å². The first-order valence-corrected chi connectivity index (χ1v) is 11.2. The van der Waals surface area contributed by atoms with Gasteiger partial charge in [-0.15, -0.1) is 5.10 Å². The Morgan fingerprint density at radius 3 is 2.80 bits per heavy atom. The molecule has 1 atom stereocenters. The summed E-state index contributed by atoms with van der Waals surface area (Å²) in [6, 6.07) is 5.91. The molecular formula is C22H32N6O2. The van der Waals surface area contributed by atoms with Gasteiger partial charge in [-0.3, -0.25) is 19.4 Å². The van der Waals surface area contributed by atoms with E-state index in [-0.39, 0.29) is 11.9 Å². The van der Waals surface area contributed by atoms with Crippen molar-refractivity contribution >= 4 is 5.91 Å². The number of nitrogens with one attached hydrogen (secondary N) is 1. The second-order valence-corrected chi connectivity index (χ2v) is 8.29. The van der Waals surface area contributed by atoms with Crippen molar-refractivity contribution in [2.75, 3.05) is 32.8 Å². The number of morpholine rings is 1. The highest BCUT2D eigenvalue weighted by Crippen LogP contribution is 2.26. The Morgan fingerprint density at radius 2 is 2.03 bits per heavy atom. The molecule has 2 aliphatic rings. The van der Waals surface area contributed by atoms with Crippen LogP contribution in [0.3, 0.4) is 0 Å². The minimum atomic E-state index is -0.187. The molecule has 1 amide bonds. The fourth-order valence-electron chi connectivity index (χ4n) is 4.47. The highest BCUT2D eigenvalue weighted by Gasteiger charge is 2.25. The first-order valence-electron chi connectivity index (χ1n) is 11.2. The van der Waals surface area contributed by atoms with Gasteiger partial charge in [0.05, 0.1) is 31.1 Å². The standard InChI is InChI=1S/C22H32N6O2/c29-22(20-17-28(26-25-20)11-9-18-6-2-1-3-7-18)24-16-21(19-8-4-5-10-23-19)27-12-14-30-15-13-27/h4-5,8,10,17-18,21H,1-3,6-7,9,11-16H2,(H,24,29). The molecule has 4 rings (SSSR count). The van der Waals surface area contributed by atoms with E-state index in [1.165, 1.54) is 32.1 Å². The zero-order chi connectivity index (χ0) is 20.6. The predicted octanol–water partition coefficient (Wildman–Crippen LogP) is 2.45. The second kappa shape index (κ2) is 10.6. The Labute approximate surface area is 178 Å². The summed E-state index contributed by atoms with van der Waals surface area (Å²) in [5, 5.41) is 11.3. The number of aromatic nitrogens is 4. The molecule has 1 saturated carbocycles. The lowest BCUT2D eigenvalue weighted by Crippen LogP contribution is -2.44. The molecule has 0 radical (unpaired) electrons. The maximum absolute atomic E-state index is 12.7. The normalized spacial score (nSPS) is 19.5. The van der Waals surface area contributed by atoms with Gasteiger partial charge in [-0.25, -0.2) is 0 Å². The summed E-state index contributed by atoms with van der Waals surface area (Å²) in [4.78, 5) is 19.5. The Kier molecular flexibility index (Phi) is 7.42. The monoisotopic (exact) mass is 412 g/mol. The fraction of sp³-hybridized carbons (Fsp3) is 0.636. The van der Waals surface area contributed by atoms with E-state index in [0.717, 1.165) is 37.7 Å². The second-order valence-electron chi connectivity index (χ2n) is 8.29. The van der Waals surface area contributed by atoms with Crippen molar-refractivity contribution in [2.45, 2.75) is 51.1 Å². The molecule has 1 N–H and O–H groups in total. The lowest BCUT2D eigenvalue weighted by Gasteiger charge is -2.34. The fourth-order valence-corrected chi connectivity index (χ4v) is 4.47. The van der Waals surface area contributed by atoms with Crippen molar-refractivity contribution < 1.29 is 9.53 Å². The molecule has 1 saturated heterocycles. The van der Waals surface area contributed by atoms with Gasteiger partial charge in [-0.1, -0.05) is 43.4 Å². The molecule has 8 nitrogen and oxygen atoms in total. The van der Waals surface area contributed by atoms with Gasteiger partial charge in [0, 0.05) is 32.4 Å². The Bertz CT molecular complexity index is 784. The van der Waals surface area contributed by atoms with Crippen LogP contribution >= 0.6 is 0 Å². The Morgan fingerprint density at radius 1 is 1.20 bits per heavy atom. The van der Waals surface area contributed by atoms with Crippen LogP contribution in [0, 0.1) is 5.92 Å². The molecule has 8 heteroatoms. The lowest BCUT2D eigenvalue weighted by molar-refractivity contribution is 0.0153. The highest BCUT2D eigenvalue weighted by molar-refractivity contribution is 5.91. The molecule has 2 fully saturated rings. The third-order valence-electron chi connectivity index (χ3n) is 6.23. The molecule has 3 heterocycles. The summed E-state index contributed by atoms with van der Waals surface area (Å²) < 4.78 is 7.29. The van der Waals surface area contributed by atoms with Gasteiger partial charge in [-0.2, -0.15) is 0 Å². The van der Waals surface area contributed by atoms with E-state index >= 15 is 0 Å². The third kappa shape index (κ3) is 5.64. The average Bonchev–Trinajstić information content (AvgIpc) is 3.29. The van der Waals surface area contributed by atoms with Crippen LogP contribution in [0.15, 0.2) is 30.6 Å². The van der Waals surface area contributed by atoms with Crippen LogP contribution in [0.5, 0.6) is 0 Å². The molecule has 30 heavy (non-hydrogen) atoms. The largest absolute Gasteiger partial charge is 0.379 e. The zero-order valence-electron chi connectivity index (χ0n) is 17.6. The first kappa shape index (κ1) is 20.9. The summed E-state index contributed by atoms with van der Waals surface area (Å²) in [5.74, 6) is 0.598. The SMILES string of the molecule is O=C(NCC(c1ccccn1)N1CCOCC1)c1cn(CCC2CCCCC2)nn1. The number of carbonyl (C=O) groups excluding carboxylic acids is 1. The summed E-state index contributed by atoms with van der Waals surface area (Å²) in [6.07, 6.45) is 11.4. The van der Waals surface area contributed by atoms with Gasteiger partial charge < -0.3 is 10.1 Å². The number of amides is 1. The maximum Gasteiger partial charge on any atom is 0.273 e. The third-order valence-corrected chi connectivity index (χ3v) is 6.23. The molecule has 1 unspecified atom stereocenters. The smallest absolute Gasteiger partial charge is 0.273 e.